The van der Waals surface area contributed by atoms with Gasteiger partial charge >= 0.3 is 6.03 Å². The number of aliphatic hydroxyl groups is 1. The fraction of sp³-hybridized carbons (Fsp3) is 0.632. The van der Waals surface area contributed by atoms with E-state index in [-0.39, 0.29) is 18.6 Å². The molecule has 1 aromatic carbocycles. The van der Waals surface area contributed by atoms with Crippen molar-refractivity contribution in [1.82, 2.24) is 10.2 Å². The molecule has 3 rings (SSSR count). The first-order chi connectivity index (χ1) is 12.1. The predicted octanol–water partition coefficient (Wildman–Crippen LogP) is 2.99. The Morgan fingerprint density at radius 3 is 2.40 bits per heavy atom. The van der Waals surface area contributed by atoms with E-state index in [1.165, 1.54) is 25.7 Å². The molecular weight excluding hydrogens is 320 g/mol. The van der Waals surface area contributed by atoms with Crippen LogP contribution >= 0.6 is 0 Å². The molecule has 0 spiro atoms. The summed E-state index contributed by atoms with van der Waals surface area (Å²) in [5.74, 6) is 1.30. The molecule has 1 aliphatic heterocycles. The quantitative estimate of drug-likeness (QED) is 0.824. The molecule has 6 heteroatoms. The van der Waals surface area contributed by atoms with Crippen molar-refractivity contribution < 1.29 is 19.4 Å². The number of rotatable bonds is 3. The smallest absolute Gasteiger partial charge is 0.318 e. The average Bonchev–Trinajstić information content (AvgIpc) is 2.89. The van der Waals surface area contributed by atoms with Crippen LogP contribution in [-0.4, -0.2) is 42.8 Å². The summed E-state index contributed by atoms with van der Waals surface area (Å²) in [4.78, 5) is 14.4. The Morgan fingerprint density at radius 1 is 1.12 bits per heavy atom. The lowest BCUT2D eigenvalue weighted by atomic mass is 9.95. The number of aliphatic hydroxyl groups excluding tert-OH is 1. The third-order valence-corrected chi connectivity index (χ3v) is 5.26. The molecule has 1 atom stereocenters. The maximum absolute atomic E-state index is 12.7. The molecule has 2 aliphatic rings. The number of hydrogen-bond donors (Lipinski definition) is 2. The van der Waals surface area contributed by atoms with Crippen molar-refractivity contribution >= 4 is 6.03 Å². The zero-order chi connectivity index (χ0) is 17.8. The van der Waals surface area contributed by atoms with Gasteiger partial charge in [-0.05, 0) is 25.0 Å². The highest BCUT2D eigenvalue weighted by Crippen LogP contribution is 2.39. The van der Waals surface area contributed by atoms with E-state index in [1.54, 1.807) is 25.2 Å². The number of nitrogens with zero attached hydrogens (tertiary/aromatic N) is 1. The average molecular weight is 348 g/mol. The van der Waals surface area contributed by atoms with Crippen LogP contribution in [0.2, 0.25) is 0 Å². The number of carbonyl (C=O) groups is 1. The molecule has 0 unspecified atom stereocenters. The Bertz CT molecular complexity index is 612. The predicted molar refractivity (Wildman–Crippen MR) is 94.9 cm³/mol. The summed E-state index contributed by atoms with van der Waals surface area (Å²) in [5.41, 5.74) is 1.54. The highest BCUT2D eigenvalue weighted by molar-refractivity contribution is 5.75. The topological polar surface area (TPSA) is 71.0 Å². The SMILES string of the molecule is COc1ccc(OC)c2c1CN(C(=O)NC1CCCCCC1)C[C@@H]2O. The van der Waals surface area contributed by atoms with Gasteiger partial charge in [0.05, 0.1) is 27.3 Å². The zero-order valence-electron chi connectivity index (χ0n) is 15.1. The maximum Gasteiger partial charge on any atom is 0.318 e. The molecule has 1 aromatic rings. The number of benzene rings is 1. The normalized spacial score (nSPS) is 21.2. The van der Waals surface area contributed by atoms with E-state index in [1.807, 2.05) is 6.07 Å². The van der Waals surface area contributed by atoms with Gasteiger partial charge in [-0.15, -0.1) is 0 Å². The van der Waals surface area contributed by atoms with Gasteiger partial charge in [-0.1, -0.05) is 25.7 Å². The number of fused-ring (bicyclic) bond motifs is 1. The number of hydrogen-bond acceptors (Lipinski definition) is 4. The van der Waals surface area contributed by atoms with E-state index in [9.17, 15) is 9.90 Å². The lowest BCUT2D eigenvalue weighted by molar-refractivity contribution is 0.0991. The third kappa shape index (κ3) is 3.84. The molecule has 1 saturated carbocycles. The van der Waals surface area contributed by atoms with Crippen LogP contribution in [0.3, 0.4) is 0 Å². The summed E-state index contributed by atoms with van der Waals surface area (Å²) in [7, 11) is 3.18. The molecule has 2 amide bonds. The maximum atomic E-state index is 12.7. The van der Waals surface area contributed by atoms with Crippen LogP contribution in [0.1, 0.15) is 55.8 Å². The first-order valence-corrected chi connectivity index (χ1v) is 9.11. The van der Waals surface area contributed by atoms with Crippen LogP contribution in [0, 0.1) is 0 Å². The first kappa shape index (κ1) is 17.9. The van der Waals surface area contributed by atoms with Gasteiger partial charge in [0.15, 0.2) is 0 Å². The molecule has 0 bridgehead atoms. The Morgan fingerprint density at radius 2 is 1.76 bits per heavy atom. The van der Waals surface area contributed by atoms with E-state index in [2.05, 4.69) is 5.32 Å². The molecule has 1 heterocycles. The van der Waals surface area contributed by atoms with Gasteiger partial charge < -0.3 is 24.8 Å². The molecule has 0 radical (unpaired) electrons. The number of urea groups is 1. The van der Waals surface area contributed by atoms with Gasteiger partial charge in [0, 0.05) is 17.2 Å². The van der Waals surface area contributed by atoms with Crippen molar-refractivity contribution in [1.29, 1.82) is 0 Å². The standard InChI is InChI=1S/C19H28N2O4/c1-24-16-9-10-17(25-2)18-14(16)11-21(12-15(18)22)19(23)20-13-7-5-3-4-6-8-13/h9-10,13,15,22H,3-8,11-12H2,1-2H3,(H,20,23)/t15-/m0/s1. The van der Waals surface area contributed by atoms with E-state index < -0.39 is 6.10 Å². The van der Waals surface area contributed by atoms with E-state index in [4.69, 9.17) is 9.47 Å². The second-order valence-corrected chi connectivity index (χ2v) is 6.90. The second-order valence-electron chi connectivity index (χ2n) is 6.90. The molecule has 2 N–H and O–H groups in total. The number of β-amino-alcohol motifs (C(OH)–C–C–N with tert-alkyl or cyclic N) is 1. The Balaban J connectivity index is 1.77. The van der Waals surface area contributed by atoms with Crippen molar-refractivity contribution in [3.8, 4) is 11.5 Å². The van der Waals surface area contributed by atoms with E-state index in [0.29, 0.717) is 18.0 Å². The van der Waals surface area contributed by atoms with Crippen LogP contribution in [0.25, 0.3) is 0 Å². The molecule has 6 nitrogen and oxygen atoms in total. The van der Waals surface area contributed by atoms with Crippen molar-refractivity contribution in [2.24, 2.45) is 0 Å². The molecule has 1 fully saturated rings. The van der Waals surface area contributed by atoms with Gasteiger partial charge in [-0.3, -0.25) is 0 Å². The van der Waals surface area contributed by atoms with Crippen LogP contribution < -0.4 is 14.8 Å². The summed E-state index contributed by atoms with van der Waals surface area (Å²) in [5, 5.41) is 13.8. The van der Waals surface area contributed by atoms with Crippen molar-refractivity contribution in [2.75, 3.05) is 20.8 Å². The lowest BCUT2D eigenvalue weighted by Crippen LogP contribution is -2.47. The number of ether oxygens (including phenoxy) is 2. The van der Waals surface area contributed by atoms with Gasteiger partial charge in [-0.2, -0.15) is 0 Å². The van der Waals surface area contributed by atoms with E-state index in [0.717, 1.165) is 24.0 Å². The highest BCUT2D eigenvalue weighted by Gasteiger charge is 2.32. The molecule has 0 saturated heterocycles. The minimum atomic E-state index is -0.784. The number of amides is 2. The Kier molecular flexibility index (Phi) is 5.68. The molecular formula is C19H28N2O4. The number of nitrogens with one attached hydrogen (secondary N) is 1. The summed E-state index contributed by atoms with van der Waals surface area (Å²) in [6.07, 6.45) is 6.13. The molecule has 138 valence electrons. The van der Waals surface area contributed by atoms with Crippen molar-refractivity contribution in [3.05, 3.63) is 23.3 Å². The van der Waals surface area contributed by atoms with Gasteiger partial charge in [0.2, 0.25) is 0 Å². The van der Waals surface area contributed by atoms with Crippen LogP contribution in [-0.2, 0) is 6.54 Å². The lowest BCUT2D eigenvalue weighted by Gasteiger charge is -2.34. The molecule has 0 aromatic heterocycles. The monoisotopic (exact) mass is 348 g/mol. The Labute approximate surface area is 149 Å². The minimum absolute atomic E-state index is 0.110. The van der Waals surface area contributed by atoms with Crippen molar-refractivity contribution in [3.63, 3.8) is 0 Å². The summed E-state index contributed by atoms with van der Waals surface area (Å²) in [6.45, 7) is 0.667. The fourth-order valence-corrected chi connectivity index (χ4v) is 3.92. The van der Waals surface area contributed by atoms with Gasteiger partial charge in [-0.25, -0.2) is 4.79 Å². The van der Waals surface area contributed by atoms with E-state index >= 15 is 0 Å². The third-order valence-electron chi connectivity index (χ3n) is 5.26. The van der Waals surface area contributed by atoms with Crippen LogP contribution in [0.4, 0.5) is 4.79 Å². The summed E-state index contributed by atoms with van der Waals surface area (Å²) < 4.78 is 10.8. The number of methoxy groups -OCH3 is 2. The largest absolute Gasteiger partial charge is 0.496 e. The van der Waals surface area contributed by atoms with Crippen LogP contribution in [0.5, 0.6) is 11.5 Å². The highest BCUT2D eigenvalue weighted by atomic mass is 16.5. The minimum Gasteiger partial charge on any atom is -0.496 e. The summed E-state index contributed by atoms with van der Waals surface area (Å²) >= 11 is 0. The summed E-state index contributed by atoms with van der Waals surface area (Å²) in [6, 6.07) is 3.74. The van der Waals surface area contributed by atoms with Crippen molar-refractivity contribution in [2.45, 2.75) is 57.2 Å². The zero-order valence-corrected chi connectivity index (χ0v) is 15.1. The fourth-order valence-electron chi connectivity index (χ4n) is 3.92. The van der Waals surface area contributed by atoms with Gasteiger partial charge in [0.1, 0.15) is 17.6 Å². The first-order valence-electron chi connectivity index (χ1n) is 9.11. The molecule has 25 heavy (non-hydrogen) atoms. The second kappa shape index (κ2) is 7.95. The Hall–Kier alpha value is -1.95. The van der Waals surface area contributed by atoms with Crippen LogP contribution in [0.15, 0.2) is 12.1 Å². The van der Waals surface area contributed by atoms with Gasteiger partial charge in [0.25, 0.3) is 0 Å². The number of carbonyl (C=O) groups excluding carboxylic acids is 1. The molecule has 1 aliphatic carbocycles.